The number of benzene rings is 8. The van der Waals surface area contributed by atoms with Gasteiger partial charge in [0.15, 0.2) is 0 Å². The van der Waals surface area contributed by atoms with Gasteiger partial charge in [-0.3, -0.25) is 0 Å². The van der Waals surface area contributed by atoms with E-state index in [4.69, 9.17) is 0 Å². The van der Waals surface area contributed by atoms with Gasteiger partial charge in [0.05, 0.1) is 16.8 Å². The van der Waals surface area contributed by atoms with Crippen molar-refractivity contribution in [3.05, 3.63) is 250 Å². The Morgan fingerprint density at radius 2 is 1.08 bits per heavy atom. The Morgan fingerprint density at radius 3 is 1.92 bits per heavy atom. The summed E-state index contributed by atoms with van der Waals surface area (Å²) in [5.41, 5.74) is 25.1. The zero-order valence-corrected chi connectivity index (χ0v) is 33.9. The third kappa shape index (κ3) is 4.37. The van der Waals surface area contributed by atoms with Crippen LogP contribution in [0.2, 0.25) is 0 Å². The zero-order valence-electron chi connectivity index (χ0n) is 33.9. The summed E-state index contributed by atoms with van der Waals surface area (Å²) in [6, 6.07) is 71.0. The fraction of sp³-hybridized carbons (Fsp3) is 0.119. The maximum absolute atomic E-state index is 2.69. The summed E-state index contributed by atoms with van der Waals surface area (Å²) in [5, 5.41) is 0. The third-order valence-electron chi connectivity index (χ3n) is 14.7. The Balaban J connectivity index is 1.06. The van der Waals surface area contributed by atoms with Crippen LogP contribution < -0.4 is 4.90 Å². The second kappa shape index (κ2) is 12.3. The highest BCUT2D eigenvalue weighted by molar-refractivity contribution is 5.97. The molecular formula is C59H43N. The first kappa shape index (κ1) is 34.0. The molecule has 0 fully saturated rings. The number of nitrogens with zero attached hydrogens (tertiary/aromatic N) is 1. The summed E-state index contributed by atoms with van der Waals surface area (Å²) in [5.74, 6) is 0.553. The minimum atomic E-state index is -0.306. The van der Waals surface area contributed by atoms with Gasteiger partial charge in [-0.2, -0.15) is 0 Å². The van der Waals surface area contributed by atoms with Gasteiger partial charge in [0.2, 0.25) is 0 Å². The van der Waals surface area contributed by atoms with E-state index in [-0.39, 0.29) is 22.7 Å². The van der Waals surface area contributed by atoms with E-state index in [9.17, 15) is 0 Å². The van der Waals surface area contributed by atoms with Gasteiger partial charge in [-0.05, 0) is 114 Å². The molecule has 5 aliphatic rings. The van der Waals surface area contributed by atoms with Crippen LogP contribution in [0.3, 0.4) is 0 Å². The van der Waals surface area contributed by atoms with Crippen molar-refractivity contribution in [1.82, 2.24) is 0 Å². The standard InChI is InChI=1S/C59H43N/c1-58(2)50-26-12-8-22-43(50)46-25-16-30-56(57(46)58)60(55-29-15-11-21-42(55)37-17-4-3-5-18-37)40-31-32-53-48(35-40)44-23-9-13-27-51(44)59(53)52-28-14-10-24-45(52)49-36-47-39(34-54(49)59)33-38-19-6-7-20-41(38)47/h3-32,34-36,49,54H,33H2,1-2H3. The molecule has 0 N–H and O–H groups in total. The third-order valence-corrected chi connectivity index (χ3v) is 14.7. The van der Waals surface area contributed by atoms with Crippen LogP contribution in [0.15, 0.2) is 206 Å². The molecule has 1 spiro atoms. The summed E-state index contributed by atoms with van der Waals surface area (Å²) in [6.07, 6.45) is 6.32. The molecule has 1 nitrogen and oxygen atoms in total. The fourth-order valence-corrected chi connectivity index (χ4v) is 12.4. The molecular weight excluding hydrogens is 723 g/mol. The Bertz CT molecular complexity index is 3180. The lowest BCUT2D eigenvalue weighted by molar-refractivity contribution is 0.464. The number of anilines is 3. The number of para-hydroxylation sites is 1. The quantitative estimate of drug-likeness (QED) is 0.172. The smallest absolute Gasteiger partial charge is 0.0540 e. The molecule has 0 radical (unpaired) electrons. The molecule has 0 bridgehead atoms. The van der Waals surface area contributed by atoms with Gasteiger partial charge < -0.3 is 4.90 Å². The van der Waals surface area contributed by atoms with E-state index >= 15 is 0 Å². The van der Waals surface area contributed by atoms with Crippen LogP contribution in [0, 0.1) is 5.92 Å². The zero-order chi connectivity index (χ0) is 39.7. The van der Waals surface area contributed by atoms with Crippen molar-refractivity contribution >= 4 is 22.6 Å². The van der Waals surface area contributed by atoms with Gasteiger partial charge in [0.1, 0.15) is 0 Å². The number of hydrogen-bond acceptors (Lipinski definition) is 1. The molecule has 284 valence electrons. The Hall–Kier alpha value is -6.96. The molecule has 5 aliphatic carbocycles. The summed E-state index contributed by atoms with van der Waals surface area (Å²) in [4.78, 5) is 2.57. The molecule has 60 heavy (non-hydrogen) atoms. The molecule has 0 saturated heterocycles. The summed E-state index contributed by atoms with van der Waals surface area (Å²) in [6.45, 7) is 4.81. The maximum atomic E-state index is 2.69. The Labute approximate surface area is 352 Å². The average Bonchev–Trinajstić information content (AvgIpc) is 3.98. The van der Waals surface area contributed by atoms with E-state index in [1.807, 2.05) is 0 Å². The van der Waals surface area contributed by atoms with Gasteiger partial charge in [-0.25, -0.2) is 0 Å². The van der Waals surface area contributed by atoms with Gasteiger partial charge in [-0.1, -0.05) is 190 Å². The first-order valence-electron chi connectivity index (χ1n) is 21.6. The van der Waals surface area contributed by atoms with Gasteiger partial charge in [0.25, 0.3) is 0 Å². The van der Waals surface area contributed by atoms with Crippen molar-refractivity contribution in [2.24, 2.45) is 5.92 Å². The van der Waals surface area contributed by atoms with Crippen LogP contribution in [0.25, 0.3) is 39.0 Å². The number of hydrogen-bond donors (Lipinski definition) is 0. The largest absolute Gasteiger partial charge is 0.310 e. The van der Waals surface area contributed by atoms with Gasteiger partial charge >= 0.3 is 0 Å². The highest BCUT2D eigenvalue weighted by Crippen LogP contribution is 2.67. The van der Waals surface area contributed by atoms with Crippen molar-refractivity contribution in [2.45, 2.75) is 37.0 Å². The van der Waals surface area contributed by atoms with Crippen molar-refractivity contribution in [1.29, 1.82) is 0 Å². The minimum Gasteiger partial charge on any atom is -0.310 e. The van der Waals surface area contributed by atoms with E-state index in [0.717, 1.165) is 6.42 Å². The number of fused-ring (bicyclic) bond motifs is 16. The second-order valence-electron chi connectivity index (χ2n) is 17.9. The fourth-order valence-electron chi connectivity index (χ4n) is 12.4. The lowest BCUT2D eigenvalue weighted by Crippen LogP contribution is -2.33. The molecule has 1 heteroatoms. The van der Waals surface area contributed by atoms with Crippen LogP contribution in [-0.4, -0.2) is 0 Å². The first-order chi connectivity index (χ1) is 29.5. The van der Waals surface area contributed by atoms with Crippen LogP contribution >= 0.6 is 0 Å². The van der Waals surface area contributed by atoms with E-state index in [1.165, 1.54) is 106 Å². The Morgan fingerprint density at radius 1 is 0.467 bits per heavy atom. The molecule has 0 saturated carbocycles. The second-order valence-corrected chi connectivity index (χ2v) is 17.9. The lowest BCUT2D eigenvalue weighted by atomic mass is 9.64. The molecule has 3 atom stereocenters. The maximum Gasteiger partial charge on any atom is 0.0540 e. The van der Waals surface area contributed by atoms with Crippen molar-refractivity contribution in [3.8, 4) is 33.4 Å². The molecule has 0 aromatic heterocycles. The predicted molar refractivity (Wildman–Crippen MR) is 248 cm³/mol. The SMILES string of the molecule is CC1(C)c2ccccc2-c2cccc(N(c3ccc4c(c3)-c3ccccc3C43c4ccccc4C4C=C5C(=CC43)Cc3ccccc35)c3ccccc3-c3ccccc3)c21. The molecule has 8 aromatic rings. The van der Waals surface area contributed by atoms with Crippen LogP contribution in [0.4, 0.5) is 17.1 Å². The Kier molecular flexibility index (Phi) is 6.95. The normalized spacial score (nSPS) is 20.2. The topological polar surface area (TPSA) is 3.24 Å². The summed E-state index contributed by atoms with van der Waals surface area (Å²) < 4.78 is 0. The van der Waals surface area contributed by atoms with Crippen molar-refractivity contribution < 1.29 is 0 Å². The molecule has 8 aromatic carbocycles. The number of allylic oxidation sites excluding steroid dienone is 4. The van der Waals surface area contributed by atoms with Crippen molar-refractivity contribution in [3.63, 3.8) is 0 Å². The highest BCUT2D eigenvalue weighted by Gasteiger charge is 2.58. The van der Waals surface area contributed by atoms with E-state index in [1.54, 1.807) is 0 Å². The van der Waals surface area contributed by atoms with Crippen molar-refractivity contribution in [2.75, 3.05) is 4.90 Å². The molecule has 13 rings (SSSR count). The molecule has 0 aliphatic heterocycles. The summed E-state index contributed by atoms with van der Waals surface area (Å²) >= 11 is 0. The monoisotopic (exact) mass is 765 g/mol. The molecule has 0 amide bonds. The first-order valence-corrected chi connectivity index (χ1v) is 21.6. The van der Waals surface area contributed by atoms with E-state index in [2.05, 4.69) is 219 Å². The highest BCUT2D eigenvalue weighted by atomic mass is 15.1. The van der Waals surface area contributed by atoms with Crippen LogP contribution in [0.1, 0.15) is 64.3 Å². The lowest BCUT2D eigenvalue weighted by Gasteiger charge is -2.37. The van der Waals surface area contributed by atoms with Gasteiger partial charge in [-0.15, -0.1) is 0 Å². The molecule has 0 heterocycles. The predicted octanol–water partition coefficient (Wildman–Crippen LogP) is 14.7. The van der Waals surface area contributed by atoms with E-state index < -0.39 is 0 Å². The van der Waals surface area contributed by atoms with Gasteiger partial charge in [0, 0.05) is 28.5 Å². The average molecular weight is 766 g/mol. The number of rotatable bonds is 4. The van der Waals surface area contributed by atoms with Crippen LogP contribution in [-0.2, 0) is 17.3 Å². The molecule has 3 unspecified atom stereocenters. The summed E-state index contributed by atoms with van der Waals surface area (Å²) in [7, 11) is 0. The van der Waals surface area contributed by atoms with Crippen LogP contribution in [0.5, 0.6) is 0 Å². The minimum absolute atomic E-state index is 0.195. The van der Waals surface area contributed by atoms with E-state index in [0.29, 0.717) is 0 Å².